The molecule has 3 heteroatoms. The molecule has 1 aromatic carbocycles. The van der Waals surface area contributed by atoms with Crippen LogP contribution in [0.2, 0.25) is 0 Å². The van der Waals surface area contributed by atoms with Crippen molar-refractivity contribution in [2.45, 2.75) is 26.4 Å². The lowest BCUT2D eigenvalue weighted by Gasteiger charge is -2.20. The molecule has 3 nitrogen and oxygen atoms in total. The van der Waals surface area contributed by atoms with Gasteiger partial charge < -0.3 is 15.8 Å². The molecular weight excluding hydrogens is 188 g/mol. The maximum absolute atomic E-state index is 5.79. The fraction of sp³-hybridized carbons (Fsp3) is 0.500. The van der Waals surface area contributed by atoms with Crippen molar-refractivity contribution in [3.8, 4) is 0 Å². The summed E-state index contributed by atoms with van der Waals surface area (Å²) in [6.45, 7) is 7.58. The van der Waals surface area contributed by atoms with Gasteiger partial charge in [0.05, 0.1) is 23.6 Å². The third kappa shape index (κ3) is 4.70. The molecule has 0 aliphatic heterocycles. The number of nitrogen functional groups attached to an aromatic ring is 1. The maximum atomic E-state index is 5.79. The summed E-state index contributed by atoms with van der Waals surface area (Å²) < 4.78 is 5.59. The van der Waals surface area contributed by atoms with Crippen LogP contribution in [0.1, 0.15) is 20.8 Å². The zero-order valence-corrected chi connectivity index (χ0v) is 9.71. The van der Waals surface area contributed by atoms with Gasteiger partial charge in [-0.15, -0.1) is 0 Å². The topological polar surface area (TPSA) is 47.3 Å². The van der Waals surface area contributed by atoms with Gasteiger partial charge in [0.25, 0.3) is 0 Å². The average Bonchev–Trinajstić information content (AvgIpc) is 2.13. The van der Waals surface area contributed by atoms with Crippen molar-refractivity contribution in [2.24, 2.45) is 0 Å². The van der Waals surface area contributed by atoms with E-state index >= 15 is 0 Å². The van der Waals surface area contributed by atoms with Crippen molar-refractivity contribution >= 4 is 11.4 Å². The standard InChI is InChI=1S/C12H20N2O/c1-12(2,3)15-9-8-14-11-7-5-4-6-10(11)13/h4-7,14H,8-9,13H2,1-3H3. The molecule has 0 amide bonds. The highest BCUT2D eigenvalue weighted by molar-refractivity contribution is 5.65. The van der Waals surface area contributed by atoms with Crippen LogP contribution in [0.15, 0.2) is 24.3 Å². The zero-order chi connectivity index (χ0) is 11.3. The first-order chi connectivity index (χ1) is 6.99. The number of para-hydroxylation sites is 2. The molecule has 0 saturated heterocycles. The number of ether oxygens (including phenoxy) is 1. The van der Waals surface area contributed by atoms with E-state index in [4.69, 9.17) is 10.5 Å². The van der Waals surface area contributed by atoms with Gasteiger partial charge in [-0.05, 0) is 32.9 Å². The third-order valence-corrected chi connectivity index (χ3v) is 1.91. The Morgan fingerprint density at radius 2 is 1.93 bits per heavy atom. The zero-order valence-electron chi connectivity index (χ0n) is 9.71. The van der Waals surface area contributed by atoms with E-state index in [2.05, 4.69) is 5.32 Å². The SMILES string of the molecule is CC(C)(C)OCCNc1ccccc1N. The maximum Gasteiger partial charge on any atom is 0.0646 e. The normalized spacial score (nSPS) is 11.4. The second-order valence-electron chi connectivity index (χ2n) is 4.47. The molecule has 0 unspecified atom stereocenters. The Morgan fingerprint density at radius 3 is 2.53 bits per heavy atom. The molecule has 0 spiro atoms. The highest BCUT2D eigenvalue weighted by Gasteiger charge is 2.08. The van der Waals surface area contributed by atoms with Crippen LogP contribution in [-0.2, 0) is 4.74 Å². The minimum Gasteiger partial charge on any atom is -0.397 e. The largest absolute Gasteiger partial charge is 0.397 e. The highest BCUT2D eigenvalue weighted by atomic mass is 16.5. The number of benzene rings is 1. The quantitative estimate of drug-likeness (QED) is 0.590. The number of anilines is 2. The number of rotatable bonds is 4. The summed E-state index contributed by atoms with van der Waals surface area (Å²) in [7, 11) is 0. The Morgan fingerprint density at radius 1 is 1.27 bits per heavy atom. The molecule has 0 radical (unpaired) electrons. The number of hydrogen-bond acceptors (Lipinski definition) is 3. The Kier molecular flexibility index (Phi) is 3.97. The molecule has 0 saturated carbocycles. The predicted octanol–water partition coefficient (Wildman–Crippen LogP) is 2.50. The monoisotopic (exact) mass is 208 g/mol. The third-order valence-electron chi connectivity index (χ3n) is 1.91. The number of hydrogen-bond donors (Lipinski definition) is 2. The molecule has 0 aliphatic rings. The molecule has 84 valence electrons. The molecular formula is C12H20N2O. The van der Waals surface area contributed by atoms with Crippen molar-refractivity contribution in [3.05, 3.63) is 24.3 Å². The van der Waals surface area contributed by atoms with Gasteiger partial charge >= 0.3 is 0 Å². The van der Waals surface area contributed by atoms with Crippen molar-refractivity contribution in [1.82, 2.24) is 0 Å². The number of nitrogens with two attached hydrogens (primary N) is 1. The summed E-state index contributed by atoms with van der Waals surface area (Å²) >= 11 is 0. The second kappa shape index (κ2) is 5.03. The van der Waals surface area contributed by atoms with Crippen LogP contribution in [0.5, 0.6) is 0 Å². The molecule has 3 N–H and O–H groups in total. The molecule has 15 heavy (non-hydrogen) atoms. The van der Waals surface area contributed by atoms with E-state index in [1.54, 1.807) is 0 Å². The molecule has 0 bridgehead atoms. The average molecular weight is 208 g/mol. The van der Waals surface area contributed by atoms with Gasteiger partial charge in [0.15, 0.2) is 0 Å². The molecule has 0 fully saturated rings. The Hall–Kier alpha value is -1.22. The lowest BCUT2D eigenvalue weighted by molar-refractivity contribution is 0.00334. The molecule has 0 aliphatic carbocycles. The van der Waals surface area contributed by atoms with Crippen molar-refractivity contribution in [2.75, 3.05) is 24.2 Å². The van der Waals surface area contributed by atoms with Gasteiger partial charge in [-0.1, -0.05) is 12.1 Å². The van der Waals surface area contributed by atoms with E-state index in [-0.39, 0.29) is 5.60 Å². The van der Waals surface area contributed by atoms with Crippen LogP contribution in [0, 0.1) is 0 Å². The van der Waals surface area contributed by atoms with Crippen LogP contribution in [0.4, 0.5) is 11.4 Å². The molecule has 1 rings (SSSR count). The van der Waals surface area contributed by atoms with Gasteiger partial charge in [-0.2, -0.15) is 0 Å². The van der Waals surface area contributed by atoms with E-state index < -0.39 is 0 Å². The molecule has 0 atom stereocenters. The predicted molar refractivity (Wildman–Crippen MR) is 65.0 cm³/mol. The van der Waals surface area contributed by atoms with E-state index in [0.29, 0.717) is 6.61 Å². The minimum atomic E-state index is -0.0795. The number of nitrogens with one attached hydrogen (secondary N) is 1. The Labute approximate surface area is 91.6 Å². The van der Waals surface area contributed by atoms with Crippen LogP contribution in [-0.4, -0.2) is 18.8 Å². The van der Waals surface area contributed by atoms with E-state index in [9.17, 15) is 0 Å². The molecule has 0 heterocycles. The van der Waals surface area contributed by atoms with Crippen molar-refractivity contribution < 1.29 is 4.74 Å². The van der Waals surface area contributed by atoms with Gasteiger partial charge in [0.1, 0.15) is 0 Å². The summed E-state index contributed by atoms with van der Waals surface area (Å²) in [5.41, 5.74) is 7.44. The first kappa shape index (κ1) is 11.9. The van der Waals surface area contributed by atoms with Crippen molar-refractivity contribution in [3.63, 3.8) is 0 Å². The minimum absolute atomic E-state index is 0.0795. The lowest BCUT2D eigenvalue weighted by Crippen LogP contribution is -2.23. The summed E-state index contributed by atoms with van der Waals surface area (Å²) in [4.78, 5) is 0. The summed E-state index contributed by atoms with van der Waals surface area (Å²) in [6.07, 6.45) is 0. The van der Waals surface area contributed by atoms with Gasteiger partial charge in [0.2, 0.25) is 0 Å². The fourth-order valence-corrected chi connectivity index (χ4v) is 1.20. The lowest BCUT2D eigenvalue weighted by atomic mass is 10.2. The summed E-state index contributed by atoms with van der Waals surface area (Å²) in [6, 6.07) is 7.73. The molecule has 1 aromatic rings. The van der Waals surface area contributed by atoms with E-state index in [1.165, 1.54) is 0 Å². The van der Waals surface area contributed by atoms with Crippen LogP contribution < -0.4 is 11.1 Å². The van der Waals surface area contributed by atoms with Gasteiger partial charge in [0, 0.05) is 6.54 Å². The van der Waals surface area contributed by atoms with Crippen molar-refractivity contribution in [1.29, 1.82) is 0 Å². The summed E-state index contributed by atoms with van der Waals surface area (Å²) in [5.74, 6) is 0. The van der Waals surface area contributed by atoms with Crippen LogP contribution in [0.3, 0.4) is 0 Å². The van der Waals surface area contributed by atoms with E-state index in [0.717, 1.165) is 17.9 Å². The van der Waals surface area contributed by atoms with Gasteiger partial charge in [-0.3, -0.25) is 0 Å². The smallest absolute Gasteiger partial charge is 0.0646 e. The first-order valence-corrected chi connectivity index (χ1v) is 5.21. The molecule has 0 aromatic heterocycles. The van der Waals surface area contributed by atoms with Gasteiger partial charge in [-0.25, -0.2) is 0 Å². The Bertz CT molecular complexity index is 305. The Balaban J connectivity index is 2.30. The first-order valence-electron chi connectivity index (χ1n) is 5.21. The second-order valence-corrected chi connectivity index (χ2v) is 4.47. The van der Waals surface area contributed by atoms with E-state index in [1.807, 2.05) is 45.0 Å². The van der Waals surface area contributed by atoms with Crippen LogP contribution >= 0.6 is 0 Å². The summed E-state index contributed by atoms with van der Waals surface area (Å²) in [5, 5.41) is 3.24. The fourth-order valence-electron chi connectivity index (χ4n) is 1.20. The van der Waals surface area contributed by atoms with Crippen LogP contribution in [0.25, 0.3) is 0 Å². The highest BCUT2D eigenvalue weighted by Crippen LogP contribution is 2.16.